The average molecular weight is 424 g/mol. The summed E-state index contributed by atoms with van der Waals surface area (Å²) in [6.07, 6.45) is 0. The van der Waals surface area contributed by atoms with Crippen molar-refractivity contribution in [2.45, 2.75) is 0 Å². The molecule has 7 heavy (non-hydrogen) atoms. The van der Waals surface area contributed by atoms with E-state index in [-0.39, 0.29) is 4.35 Å². The molecule has 0 amide bonds. The van der Waals surface area contributed by atoms with E-state index >= 15 is 0 Å². The number of rotatable bonds is 2. The second-order valence-electron chi connectivity index (χ2n) is 0.856. The Morgan fingerprint density at radius 1 is 1.57 bits per heavy atom. The van der Waals surface area contributed by atoms with Crippen molar-refractivity contribution in [3.05, 3.63) is 0 Å². The number of halogens is 3. The first-order valence-electron chi connectivity index (χ1n) is 1.50. The van der Waals surface area contributed by atoms with E-state index in [0.29, 0.717) is 0 Å². The zero-order valence-electron chi connectivity index (χ0n) is 3.44. The Balaban J connectivity index is 3.14. The summed E-state index contributed by atoms with van der Waals surface area (Å²) in [6.45, 7) is 0. The van der Waals surface area contributed by atoms with Crippen molar-refractivity contribution >= 4 is 75.8 Å². The third-order valence-corrected chi connectivity index (χ3v) is 9.17. The zero-order chi connectivity index (χ0) is 5.86. The normalized spacial score (nSPS) is 10.3. The Hall–Kier alpha value is 2.45. The molecular formula is B4I3. The first kappa shape index (κ1) is 9.45. The number of hydrogen-bond donors (Lipinski definition) is 0. The van der Waals surface area contributed by atoms with Crippen LogP contribution in [0.15, 0.2) is 0 Å². The fourth-order valence-electron chi connectivity index (χ4n) is 0.0550. The van der Waals surface area contributed by atoms with Crippen LogP contribution < -0.4 is 0 Å². The Kier molecular flexibility index (Phi) is 7.09. The van der Waals surface area contributed by atoms with Gasteiger partial charge in [-0.1, -0.05) is 0 Å². The van der Waals surface area contributed by atoms with E-state index in [1.54, 1.807) is 7.06 Å². The van der Waals surface area contributed by atoms with E-state index < -0.39 is 11.7 Å². The van der Waals surface area contributed by atoms with E-state index in [2.05, 4.69) is 37.2 Å². The van der Waals surface area contributed by atoms with Gasteiger partial charge in [0.1, 0.15) is 0 Å². The van der Waals surface area contributed by atoms with Crippen LogP contribution in [0.1, 0.15) is 0 Å². The van der Waals surface area contributed by atoms with Crippen LogP contribution in [-0.4, -0.2) is 26.9 Å². The minimum absolute atomic E-state index is 0.186. The molecule has 0 N–H and O–H groups in total. The monoisotopic (exact) mass is 425 g/mol. The molecule has 0 aromatic rings. The van der Waals surface area contributed by atoms with Gasteiger partial charge in [0.2, 0.25) is 0 Å². The summed E-state index contributed by atoms with van der Waals surface area (Å²) >= 11 is 3.88. The molecule has 0 rings (SSSR count). The molecule has 0 heterocycles. The summed E-state index contributed by atoms with van der Waals surface area (Å²) in [4.78, 5) is 0. The summed E-state index contributed by atoms with van der Waals surface area (Å²) in [7, 11) is 12.2. The first-order chi connectivity index (χ1) is 3.18. The van der Waals surface area contributed by atoms with Gasteiger partial charge < -0.3 is 0 Å². The van der Waals surface area contributed by atoms with Crippen molar-refractivity contribution < 1.29 is 0 Å². The third kappa shape index (κ3) is 4.92. The summed E-state index contributed by atoms with van der Waals surface area (Å²) in [5.74, 6) is 0. The molecule has 5 radical (unpaired) electrons. The summed E-state index contributed by atoms with van der Waals surface area (Å²) in [5, 5.41) is 0. The van der Waals surface area contributed by atoms with Crippen molar-refractivity contribution in [2.75, 3.05) is 0 Å². The predicted octanol–water partition coefficient (Wildman–Crippen LogP) is 1.13. The van der Waals surface area contributed by atoms with Gasteiger partial charge in [-0.15, -0.1) is 0 Å². The fourth-order valence-corrected chi connectivity index (χ4v) is 2.47. The van der Waals surface area contributed by atoms with Crippen LogP contribution >= 0.6 is 48.9 Å². The molecule has 0 aromatic heterocycles. The predicted molar refractivity (Wildman–Crippen MR) is 65.1 cm³/mol. The van der Waals surface area contributed by atoms with Gasteiger partial charge in [0.15, 0.2) is 0 Å². The molecule has 0 saturated heterocycles. The second kappa shape index (κ2) is 5.25. The van der Waals surface area contributed by atoms with Gasteiger partial charge in [-0.3, -0.25) is 0 Å². The zero-order valence-corrected chi connectivity index (χ0v) is 9.92. The van der Waals surface area contributed by atoms with E-state index in [1.807, 2.05) is 0 Å². The molecule has 0 bridgehead atoms. The molecular weight excluding hydrogens is 424 g/mol. The van der Waals surface area contributed by atoms with E-state index in [0.717, 1.165) is 0 Å². The van der Waals surface area contributed by atoms with Gasteiger partial charge in [0.05, 0.1) is 0 Å². The van der Waals surface area contributed by atoms with Crippen LogP contribution in [0, 0.1) is 0 Å². The minimum atomic E-state index is -0.872. The molecule has 0 aliphatic rings. The van der Waals surface area contributed by atoms with Crippen LogP contribution in [0.2, 0.25) is 0 Å². The van der Waals surface area contributed by atoms with Gasteiger partial charge in [-0.05, 0) is 0 Å². The summed E-state index contributed by atoms with van der Waals surface area (Å²) < 4.78 is 0.186. The Bertz CT molecular complexity index is 44.2. The van der Waals surface area contributed by atoms with Crippen LogP contribution in [0.3, 0.4) is 0 Å². The fraction of sp³-hybridized carbons (Fsp3) is 0. The van der Waals surface area contributed by atoms with Crippen LogP contribution in [0.4, 0.5) is 0 Å². The van der Waals surface area contributed by atoms with Gasteiger partial charge in [-0.25, -0.2) is 0 Å². The van der Waals surface area contributed by atoms with E-state index in [1.165, 1.54) is 0 Å². The van der Waals surface area contributed by atoms with Crippen molar-refractivity contribution in [3.63, 3.8) is 0 Å². The Labute approximate surface area is 74.3 Å². The Morgan fingerprint density at radius 3 is 2.00 bits per heavy atom. The van der Waals surface area contributed by atoms with Crippen molar-refractivity contribution in [1.82, 2.24) is 0 Å². The van der Waals surface area contributed by atoms with Crippen LogP contribution in [-0.2, 0) is 0 Å². The van der Waals surface area contributed by atoms with E-state index in [9.17, 15) is 0 Å². The average Bonchev–Trinajstić information content (AvgIpc) is 1.65. The van der Waals surface area contributed by atoms with Gasteiger partial charge in [0, 0.05) is 0 Å². The maximum absolute atomic E-state index is 5.49. The molecule has 0 saturated carbocycles. The molecule has 0 nitrogen and oxygen atoms in total. The molecule has 0 unspecified atom stereocenters. The third-order valence-electron chi connectivity index (χ3n) is 0.374. The topological polar surface area (TPSA) is 0 Å². The quantitative estimate of drug-likeness (QED) is 0.461. The van der Waals surface area contributed by atoms with Gasteiger partial charge in [0.25, 0.3) is 0 Å². The Morgan fingerprint density at radius 2 is 2.00 bits per heavy atom. The van der Waals surface area contributed by atoms with E-state index in [4.69, 9.17) is 15.5 Å². The molecule has 0 atom stereocenters. The molecule has 0 aliphatic heterocycles. The van der Waals surface area contributed by atoms with Crippen molar-refractivity contribution in [1.29, 1.82) is 0 Å². The molecule has 0 aliphatic carbocycles. The second-order valence-corrected chi connectivity index (χ2v) is 25.8. The first-order valence-corrected chi connectivity index (χ1v) is 15.3. The molecule has 0 aromatic carbocycles. The van der Waals surface area contributed by atoms with Crippen LogP contribution in [0.5, 0.6) is 0 Å². The molecule has 7 heteroatoms. The van der Waals surface area contributed by atoms with Crippen LogP contribution in [0.25, 0.3) is 0 Å². The summed E-state index contributed by atoms with van der Waals surface area (Å²) in [6, 6.07) is 0. The molecule has 0 spiro atoms. The summed E-state index contributed by atoms with van der Waals surface area (Å²) in [5.41, 5.74) is 0. The standard InChI is InChI=1S/B4I3/c1-3-4(2)7(5)6. The van der Waals surface area contributed by atoms with Gasteiger partial charge >= 0.3 is 75.8 Å². The molecule has 0 fully saturated rings. The SMILES string of the molecule is [B][B]B([B])I(I)I. The number of hydrogen-bond acceptors (Lipinski definition) is 0. The van der Waals surface area contributed by atoms with Crippen molar-refractivity contribution in [2.24, 2.45) is 0 Å². The molecule has 33 valence electrons. The maximum atomic E-state index is 5.49. The van der Waals surface area contributed by atoms with Crippen molar-refractivity contribution in [3.8, 4) is 0 Å². The van der Waals surface area contributed by atoms with Gasteiger partial charge in [-0.2, -0.15) is 0 Å².